The first-order valence-corrected chi connectivity index (χ1v) is 3.74. The van der Waals surface area contributed by atoms with Crippen LogP contribution in [0.2, 0.25) is 0 Å². The fraction of sp³-hybridized carbons (Fsp3) is 0.125. The summed E-state index contributed by atoms with van der Waals surface area (Å²) in [5.41, 5.74) is -1.18. The van der Waals surface area contributed by atoms with Gasteiger partial charge in [-0.15, -0.1) is 0 Å². The van der Waals surface area contributed by atoms with E-state index in [2.05, 4.69) is 4.74 Å². The first kappa shape index (κ1) is 14.7. The molecule has 0 amide bonds. The Morgan fingerprint density at radius 3 is 2.44 bits per heavy atom. The van der Waals surface area contributed by atoms with Gasteiger partial charge in [-0.25, -0.2) is 4.79 Å². The molecule has 0 aliphatic carbocycles. The van der Waals surface area contributed by atoms with Crippen molar-refractivity contribution in [3.8, 4) is 11.5 Å². The Labute approximate surface area is 112 Å². The van der Waals surface area contributed by atoms with Crippen LogP contribution in [-0.4, -0.2) is 23.1 Å². The zero-order chi connectivity index (χ0) is 11.6. The molecule has 1 aromatic rings. The van der Waals surface area contributed by atoms with Gasteiger partial charge in [0.05, 0.1) is 23.7 Å². The molecule has 0 aliphatic rings. The summed E-state index contributed by atoms with van der Waals surface area (Å²) >= 11 is 0. The Morgan fingerprint density at radius 2 is 2.06 bits per heavy atom. The van der Waals surface area contributed by atoms with Gasteiger partial charge in [0.15, 0.2) is 0 Å². The van der Waals surface area contributed by atoms with Gasteiger partial charge in [0, 0.05) is 6.07 Å². The van der Waals surface area contributed by atoms with Gasteiger partial charge in [-0.3, -0.25) is 10.1 Å². The molecule has 16 heavy (non-hydrogen) atoms. The van der Waals surface area contributed by atoms with Gasteiger partial charge in [-0.1, -0.05) is 5.75 Å². The van der Waals surface area contributed by atoms with E-state index in [9.17, 15) is 20.0 Å². The number of non-ortho nitro benzene ring substituents is 1. The van der Waals surface area contributed by atoms with Crippen LogP contribution >= 0.6 is 0 Å². The minimum Gasteiger partial charge on any atom is -0.869 e. The number of nitrogens with zero attached hydrogens (tertiary/aromatic N) is 1. The molecule has 0 aromatic heterocycles. The van der Waals surface area contributed by atoms with Gasteiger partial charge >= 0.3 is 35.5 Å². The van der Waals surface area contributed by atoms with Crippen LogP contribution in [0.5, 0.6) is 11.5 Å². The predicted octanol–water partition coefficient (Wildman–Crippen LogP) is -2.62. The van der Waals surface area contributed by atoms with E-state index in [-0.39, 0.29) is 35.3 Å². The zero-order valence-corrected chi connectivity index (χ0v) is 10.6. The van der Waals surface area contributed by atoms with Crippen LogP contribution < -0.4 is 39.4 Å². The SMILES string of the molecule is COc1cc([N+](=O)[O-])cc(C(=O)O)c1[O-].[Na+]. The molecular formula is C8H6NNaO6. The molecule has 0 unspecified atom stereocenters. The number of carboxylic acid groups (broad SMARTS) is 1. The number of carbonyl (C=O) groups is 1. The molecule has 0 bridgehead atoms. The topological polar surface area (TPSA) is 113 Å². The summed E-state index contributed by atoms with van der Waals surface area (Å²) in [6.07, 6.45) is 0. The molecule has 0 aliphatic heterocycles. The number of methoxy groups -OCH3 is 1. The van der Waals surface area contributed by atoms with Crippen molar-refractivity contribution in [2.75, 3.05) is 7.11 Å². The maximum absolute atomic E-state index is 11.3. The maximum atomic E-state index is 11.3. The predicted molar refractivity (Wildman–Crippen MR) is 46.1 cm³/mol. The first-order valence-electron chi connectivity index (χ1n) is 3.74. The molecule has 80 valence electrons. The quantitative estimate of drug-likeness (QED) is 0.348. The number of nitro groups is 1. The largest absolute Gasteiger partial charge is 1.00 e. The van der Waals surface area contributed by atoms with Gasteiger partial charge < -0.3 is 14.9 Å². The molecule has 0 heterocycles. The summed E-state index contributed by atoms with van der Waals surface area (Å²) in [5.74, 6) is -2.76. The normalized spacial score (nSPS) is 9.06. The number of hydrogen-bond acceptors (Lipinski definition) is 5. The first-order chi connectivity index (χ1) is 6.97. The molecule has 1 rings (SSSR count). The molecule has 7 nitrogen and oxygen atoms in total. The zero-order valence-electron chi connectivity index (χ0n) is 8.59. The van der Waals surface area contributed by atoms with Crippen molar-refractivity contribution in [1.82, 2.24) is 0 Å². The number of ether oxygens (including phenoxy) is 1. The van der Waals surface area contributed by atoms with Crippen molar-refractivity contribution < 1.29 is 54.2 Å². The maximum Gasteiger partial charge on any atom is 1.00 e. The van der Waals surface area contributed by atoms with Crippen LogP contribution in [0.3, 0.4) is 0 Å². The molecule has 0 fully saturated rings. The second-order valence-corrected chi connectivity index (χ2v) is 2.59. The second kappa shape index (κ2) is 5.69. The summed E-state index contributed by atoms with van der Waals surface area (Å²) in [5, 5.41) is 30.3. The van der Waals surface area contributed by atoms with Crippen LogP contribution in [-0.2, 0) is 0 Å². The van der Waals surface area contributed by atoms with E-state index in [0.717, 1.165) is 13.2 Å². The summed E-state index contributed by atoms with van der Waals surface area (Å²) < 4.78 is 4.55. The number of benzene rings is 1. The van der Waals surface area contributed by atoms with Crippen molar-refractivity contribution in [3.63, 3.8) is 0 Å². The Kier molecular flexibility index (Phi) is 5.22. The summed E-state index contributed by atoms with van der Waals surface area (Å²) in [7, 11) is 1.13. The van der Waals surface area contributed by atoms with Crippen LogP contribution in [0.1, 0.15) is 10.4 Å². The van der Waals surface area contributed by atoms with Gasteiger partial charge in [0.25, 0.3) is 5.69 Å². The summed E-state index contributed by atoms with van der Waals surface area (Å²) in [6.45, 7) is 0. The molecule has 1 N–H and O–H groups in total. The third-order valence-corrected chi connectivity index (χ3v) is 1.70. The Balaban J connectivity index is 0.00000225. The fourth-order valence-electron chi connectivity index (χ4n) is 1.00. The fourth-order valence-corrected chi connectivity index (χ4v) is 1.00. The van der Waals surface area contributed by atoms with Crippen molar-refractivity contribution in [1.29, 1.82) is 0 Å². The van der Waals surface area contributed by atoms with E-state index in [1.54, 1.807) is 0 Å². The summed E-state index contributed by atoms with van der Waals surface area (Å²) in [4.78, 5) is 20.2. The van der Waals surface area contributed by atoms with E-state index in [4.69, 9.17) is 5.11 Å². The smallest absolute Gasteiger partial charge is 0.869 e. The Morgan fingerprint density at radius 1 is 1.50 bits per heavy atom. The standard InChI is InChI=1S/C8H7NO6.Na/c1-15-6-3-4(9(13)14)2-5(7(6)10)8(11)12;/h2-3,10H,1H3,(H,11,12);/q;+1/p-1. The van der Waals surface area contributed by atoms with E-state index in [1.165, 1.54) is 0 Å². The monoisotopic (exact) mass is 235 g/mol. The molecule has 0 saturated carbocycles. The average Bonchev–Trinajstić information content (AvgIpc) is 2.17. The number of rotatable bonds is 3. The van der Waals surface area contributed by atoms with Crippen molar-refractivity contribution >= 4 is 11.7 Å². The van der Waals surface area contributed by atoms with Crippen molar-refractivity contribution in [2.24, 2.45) is 0 Å². The molecule has 0 spiro atoms. The molecule has 0 saturated heterocycles. The number of hydrogen-bond donors (Lipinski definition) is 1. The van der Waals surface area contributed by atoms with E-state index in [0.29, 0.717) is 6.07 Å². The Hall–Kier alpha value is -1.31. The molecule has 0 radical (unpaired) electrons. The average molecular weight is 235 g/mol. The van der Waals surface area contributed by atoms with E-state index >= 15 is 0 Å². The third kappa shape index (κ3) is 2.84. The van der Waals surface area contributed by atoms with Crippen LogP contribution in [0.4, 0.5) is 5.69 Å². The van der Waals surface area contributed by atoms with Crippen LogP contribution in [0, 0.1) is 10.1 Å². The van der Waals surface area contributed by atoms with Crippen molar-refractivity contribution in [3.05, 3.63) is 27.8 Å². The molecule has 0 atom stereocenters. The number of nitro benzene ring substituents is 1. The summed E-state index contributed by atoms with van der Waals surface area (Å²) in [6, 6.07) is 1.59. The van der Waals surface area contributed by atoms with E-state index in [1.807, 2.05) is 0 Å². The Bertz CT molecular complexity index is 433. The van der Waals surface area contributed by atoms with E-state index < -0.39 is 27.9 Å². The minimum atomic E-state index is -1.53. The number of aromatic carboxylic acids is 1. The van der Waals surface area contributed by atoms with Crippen LogP contribution in [0.25, 0.3) is 0 Å². The molecule has 1 aromatic carbocycles. The van der Waals surface area contributed by atoms with Gasteiger partial charge in [-0.05, 0) is 0 Å². The third-order valence-electron chi connectivity index (χ3n) is 1.70. The second-order valence-electron chi connectivity index (χ2n) is 2.59. The molecule has 8 heteroatoms. The van der Waals surface area contributed by atoms with Crippen molar-refractivity contribution in [2.45, 2.75) is 0 Å². The minimum absolute atomic E-state index is 0. The van der Waals surface area contributed by atoms with Gasteiger partial charge in [0.1, 0.15) is 5.75 Å². The van der Waals surface area contributed by atoms with Gasteiger partial charge in [0.2, 0.25) is 0 Å². The number of carboxylic acids is 1. The van der Waals surface area contributed by atoms with Crippen LogP contribution in [0.15, 0.2) is 12.1 Å². The molecular weight excluding hydrogens is 229 g/mol. The van der Waals surface area contributed by atoms with Gasteiger partial charge in [-0.2, -0.15) is 0 Å².